The molecule has 1 saturated heterocycles. The first-order chi connectivity index (χ1) is 6.79. The van der Waals surface area contributed by atoms with E-state index >= 15 is 0 Å². The molecule has 1 rings (SSSR count). The number of likely N-dealkylation sites (tertiary alicyclic amines) is 1. The first-order valence-electron chi connectivity index (χ1n) is 5.33. The average molecular weight is 201 g/mol. The highest BCUT2D eigenvalue weighted by molar-refractivity contribution is 5.68. The highest BCUT2D eigenvalue weighted by atomic mass is 16.6. The summed E-state index contributed by atoms with van der Waals surface area (Å²) in [7, 11) is 0. The van der Waals surface area contributed by atoms with Crippen LogP contribution in [-0.2, 0) is 4.74 Å². The maximum absolute atomic E-state index is 11.5. The van der Waals surface area contributed by atoms with Crippen molar-refractivity contribution in [3.8, 4) is 0 Å². The van der Waals surface area contributed by atoms with Crippen LogP contribution in [0.2, 0.25) is 0 Å². The fourth-order valence-corrected chi connectivity index (χ4v) is 1.65. The molecule has 0 aromatic rings. The maximum atomic E-state index is 11.5. The highest BCUT2D eigenvalue weighted by Crippen LogP contribution is 2.17. The normalized spacial score (nSPS) is 21.3. The third-order valence-electron chi connectivity index (χ3n) is 2.55. The molecule has 1 N–H and O–H groups in total. The molecule has 0 aliphatic carbocycles. The van der Waals surface area contributed by atoms with E-state index in [1.165, 1.54) is 0 Å². The predicted molar refractivity (Wildman–Crippen MR) is 53.1 cm³/mol. The lowest BCUT2D eigenvalue weighted by molar-refractivity contribution is 0.0837. The van der Waals surface area contributed by atoms with Crippen molar-refractivity contribution < 1.29 is 14.6 Å². The van der Waals surface area contributed by atoms with Gasteiger partial charge in [-0.1, -0.05) is 13.3 Å². The molecule has 82 valence electrons. The van der Waals surface area contributed by atoms with Gasteiger partial charge in [0.1, 0.15) is 0 Å². The van der Waals surface area contributed by atoms with Crippen LogP contribution in [0.3, 0.4) is 0 Å². The van der Waals surface area contributed by atoms with Crippen molar-refractivity contribution in [2.24, 2.45) is 0 Å². The van der Waals surface area contributed by atoms with Crippen LogP contribution >= 0.6 is 0 Å². The van der Waals surface area contributed by atoms with Crippen molar-refractivity contribution in [2.45, 2.75) is 38.6 Å². The molecule has 0 bridgehead atoms. The molecule has 0 saturated carbocycles. The van der Waals surface area contributed by atoms with Crippen molar-refractivity contribution in [2.75, 3.05) is 19.8 Å². The fraction of sp³-hybridized carbons (Fsp3) is 0.900. The minimum atomic E-state index is -0.269. The summed E-state index contributed by atoms with van der Waals surface area (Å²) < 4.78 is 5.07. The van der Waals surface area contributed by atoms with Gasteiger partial charge in [0.2, 0.25) is 0 Å². The Morgan fingerprint density at radius 3 is 3.07 bits per heavy atom. The lowest BCUT2D eigenvalue weighted by Crippen LogP contribution is -2.38. The van der Waals surface area contributed by atoms with Gasteiger partial charge in [-0.2, -0.15) is 0 Å². The van der Waals surface area contributed by atoms with Crippen LogP contribution in [-0.4, -0.2) is 41.9 Å². The van der Waals surface area contributed by atoms with E-state index in [1.807, 2.05) is 0 Å². The van der Waals surface area contributed by atoms with Crippen molar-refractivity contribution >= 4 is 6.09 Å². The van der Waals surface area contributed by atoms with Gasteiger partial charge in [0, 0.05) is 6.54 Å². The third kappa shape index (κ3) is 2.87. The SMILES string of the molecule is CCCCOC(=O)N1CCCC1CO. The van der Waals surface area contributed by atoms with Gasteiger partial charge in [-0.3, -0.25) is 0 Å². The molecule has 0 radical (unpaired) electrons. The quantitative estimate of drug-likeness (QED) is 0.699. The van der Waals surface area contributed by atoms with E-state index in [0.717, 1.165) is 32.2 Å². The summed E-state index contributed by atoms with van der Waals surface area (Å²) in [5.74, 6) is 0. The van der Waals surface area contributed by atoms with E-state index in [-0.39, 0.29) is 18.7 Å². The molecule has 4 heteroatoms. The van der Waals surface area contributed by atoms with Crippen LogP contribution in [0.4, 0.5) is 4.79 Å². The number of hydrogen-bond donors (Lipinski definition) is 1. The second kappa shape index (κ2) is 5.86. The van der Waals surface area contributed by atoms with Crippen molar-refractivity contribution in [3.63, 3.8) is 0 Å². The van der Waals surface area contributed by atoms with Crippen molar-refractivity contribution in [1.82, 2.24) is 4.90 Å². The summed E-state index contributed by atoms with van der Waals surface area (Å²) in [5, 5.41) is 9.01. The van der Waals surface area contributed by atoms with Gasteiger partial charge in [0.05, 0.1) is 19.3 Å². The molecule has 14 heavy (non-hydrogen) atoms. The van der Waals surface area contributed by atoms with Crippen LogP contribution in [0, 0.1) is 0 Å². The number of aliphatic hydroxyl groups excluding tert-OH is 1. The lowest BCUT2D eigenvalue weighted by Gasteiger charge is -2.22. The van der Waals surface area contributed by atoms with Crippen LogP contribution < -0.4 is 0 Å². The summed E-state index contributed by atoms with van der Waals surface area (Å²) in [6.45, 7) is 3.31. The maximum Gasteiger partial charge on any atom is 0.410 e. The summed E-state index contributed by atoms with van der Waals surface area (Å²) in [6, 6.07) is -0.0240. The average Bonchev–Trinajstić information content (AvgIpc) is 2.65. The molecule has 4 nitrogen and oxygen atoms in total. The number of nitrogens with zero attached hydrogens (tertiary/aromatic N) is 1. The molecular formula is C10H19NO3. The zero-order chi connectivity index (χ0) is 10.4. The molecule has 0 spiro atoms. The van der Waals surface area contributed by atoms with E-state index in [4.69, 9.17) is 9.84 Å². The van der Waals surface area contributed by atoms with Gasteiger partial charge in [-0.05, 0) is 19.3 Å². The number of ether oxygens (including phenoxy) is 1. The number of carbonyl (C=O) groups excluding carboxylic acids is 1. The molecule has 1 amide bonds. The summed E-state index contributed by atoms with van der Waals surface area (Å²) in [4.78, 5) is 13.1. The molecule has 0 aromatic carbocycles. The molecule has 1 atom stereocenters. The Labute approximate surface area is 84.8 Å². The Morgan fingerprint density at radius 1 is 1.64 bits per heavy atom. The summed E-state index contributed by atoms with van der Waals surface area (Å²) >= 11 is 0. The monoisotopic (exact) mass is 201 g/mol. The fourth-order valence-electron chi connectivity index (χ4n) is 1.65. The molecule has 1 fully saturated rings. The van der Waals surface area contributed by atoms with Crippen LogP contribution in [0.1, 0.15) is 32.6 Å². The zero-order valence-corrected chi connectivity index (χ0v) is 8.74. The van der Waals surface area contributed by atoms with E-state index < -0.39 is 0 Å². The molecule has 1 aliphatic rings. The Bertz CT molecular complexity index is 184. The van der Waals surface area contributed by atoms with Crippen molar-refractivity contribution in [1.29, 1.82) is 0 Å². The standard InChI is InChI=1S/C10H19NO3/c1-2-3-7-14-10(13)11-6-4-5-9(11)8-12/h9,12H,2-8H2,1H3. The minimum absolute atomic E-state index is 0.0240. The van der Waals surface area contributed by atoms with Crippen molar-refractivity contribution in [3.05, 3.63) is 0 Å². The largest absolute Gasteiger partial charge is 0.449 e. The Morgan fingerprint density at radius 2 is 2.43 bits per heavy atom. The minimum Gasteiger partial charge on any atom is -0.449 e. The second-order valence-electron chi connectivity index (χ2n) is 3.64. The second-order valence-corrected chi connectivity index (χ2v) is 3.64. The van der Waals surface area contributed by atoms with Gasteiger partial charge >= 0.3 is 6.09 Å². The van der Waals surface area contributed by atoms with Gasteiger partial charge in [0.15, 0.2) is 0 Å². The van der Waals surface area contributed by atoms with E-state index in [1.54, 1.807) is 4.90 Å². The van der Waals surface area contributed by atoms with Gasteiger partial charge in [-0.15, -0.1) is 0 Å². The molecule has 1 unspecified atom stereocenters. The topological polar surface area (TPSA) is 49.8 Å². The predicted octanol–water partition coefficient (Wildman–Crippen LogP) is 1.38. The number of carbonyl (C=O) groups is 1. The molecule has 0 aromatic heterocycles. The van der Waals surface area contributed by atoms with Crippen LogP contribution in [0.25, 0.3) is 0 Å². The highest BCUT2D eigenvalue weighted by Gasteiger charge is 2.28. The molecular weight excluding hydrogens is 182 g/mol. The third-order valence-corrected chi connectivity index (χ3v) is 2.55. The number of rotatable bonds is 4. The number of aliphatic hydroxyl groups is 1. The Balaban J connectivity index is 2.28. The first-order valence-corrected chi connectivity index (χ1v) is 5.33. The molecule has 1 heterocycles. The van der Waals surface area contributed by atoms with Crippen LogP contribution in [0.15, 0.2) is 0 Å². The van der Waals surface area contributed by atoms with Gasteiger partial charge in [-0.25, -0.2) is 4.79 Å². The van der Waals surface area contributed by atoms with E-state index in [9.17, 15) is 4.79 Å². The van der Waals surface area contributed by atoms with E-state index in [2.05, 4.69) is 6.92 Å². The number of amides is 1. The number of unbranched alkanes of at least 4 members (excludes halogenated alkanes) is 1. The summed E-state index contributed by atoms with van der Waals surface area (Å²) in [5.41, 5.74) is 0. The van der Waals surface area contributed by atoms with Crippen LogP contribution in [0.5, 0.6) is 0 Å². The summed E-state index contributed by atoms with van der Waals surface area (Å²) in [6.07, 6.45) is 3.52. The first kappa shape index (κ1) is 11.3. The number of hydrogen-bond acceptors (Lipinski definition) is 3. The Hall–Kier alpha value is -0.770. The lowest BCUT2D eigenvalue weighted by atomic mass is 10.2. The van der Waals surface area contributed by atoms with Gasteiger partial charge in [0.25, 0.3) is 0 Å². The smallest absolute Gasteiger partial charge is 0.410 e. The zero-order valence-electron chi connectivity index (χ0n) is 8.74. The Kier molecular flexibility index (Phi) is 4.73. The van der Waals surface area contributed by atoms with E-state index in [0.29, 0.717) is 6.61 Å². The molecule has 1 aliphatic heterocycles. The van der Waals surface area contributed by atoms with Gasteiger partial charge < -0.3 is 14.7 Å².